The Labute approximate surface area is 373 Å². The molecule has 11 aromatic carbocycles. The van der Waals surface area contributed by atoms with E-state index in [-0.39, 0.29) is 0 Å². The lowest BCUT2D eigenvalue weighted by atomic mass is 9.94. The largest absolute Gasteiger partial charge is 0.148 e. The minimum atomic E-state index is -3.48. The van der Waals surface area contributed by atoms with Crippen molar-refractivity contribution in [3.63, 3.8) is 0 Å². The first-order valence-corrected chi connectivity index (χ1v) is 30.0. The van der Waals surface area contributed by atoms with Crippen LogP contribution in [-0.4, -0.2) is 22.3 Å². The van der Waals surface area contributed by atoms with Gasteiger partial charge in [0.1, 0.15) is 22.3 Å². The Kier molecular flexibility index (Phi) is 10.0. The molecular weight excluding hydrogens is 805 g/mol. The van der Waals surface area contributed by atoms with Crippen molar-refractivity contribution >= 4 is 96.1 Å². The van der Waals surface area contributed by atoms with E-state index < -0.39 is 22.3 Å². The summed E-state index contributed by atoms with van der Waals surface area (Å²) in [5, 5.41) is 19.3. The molecule has 0 saturated heterocycles. The van der Waals surface area contributed by atoms with Crippen LogP contribution in [0.3, 0.4) is 0 Å². The first kappa shape index (κ1) is 38.7. The monoisotopic (exact) mass is 850 g/mol. The van der Waals surface area contributed by atoms with Gasteiger partial charge >= 0.3 is 0 Å². The minimum absolute atomic E-state index is 1.29. The van der Waals surface area contributed by atoms with Crippen LogP contribution < -0.4 is 41.5 Å². The van der Waals surface area contributed by atoms with Gasteiger partial charge in [-0.1, -0.05) is 321 Å². The number of rotatable bonds is 10. The van der Waals surface area contributed by atoms with Gasteiger partial charge in [-0.2, -0.15) is 0 Å². The molecule has 298 valence electrons. The SMILES string of the molecule is c1ccc([Si](c2ccccc2)(c2ccccc2)[Si](c2ccccc2)(c2ccccc2)[Si](c2ccccc2)(c2ccccc2)c2ccc3c4ccccc4c4ccccc4c3c2)cc1. The summed E-state index contributed by atoms with van der Waals surface area (Å²) in [7, 11) is -10.3. The van der Waals surface area contributed by atoms with Gasteiger partial charge in [-0.05, 0) is 32.3 Å². The van der Waals surface area contributed by atoms with Gasteiger partial charge in [0.25, 0.3) is 0 Å². The van der Waals surface area contributed by atoms with Crippen LogP contribution in [0.2, 0.25) is 0 Å². The number of hydrogen-bond acceptors (Lipinski definition) is 0. The average Bonchev–Trinajstić information content (AvgIpc) is 3.38. The third kappa shape index (κ3) is 5.85. The van der Waals surface area contributed by atoms with E-state index in [0.717, 1.165) is 0 Å². The van der Waals surface area contributed by atoms with Gasteiger partial charge in [-0.3, -0.25) is 0 Å². The molecule has 0 nitrogen and oxygen atoms in total. The lowest BCUT2D eigenvalue weighted by Crippen LogP contribution is -3.04. The Morgan fingerprint density at radius 2 is 0.381 bits per heavy atom. The number of hydrogen-bond donors (Lipinski definition) is 0. The standard InChI is InChI=1S/C60H46Si3/c1-8-26-47(27-9-1)61(48-28-10-2-11-29-48,49-30-12-3-13-31-49)63(52-36-18-6-19-37-52,53-38-20-7-21-39-53)62(50-32-14-4-15-33-50,51-34-16-5-17-35-51)54-44-45-59-57-42-23-22-40-55(57)56-41-24-25-43-58(56)60(59)46-54/h1-46H. The molecule has 0 radical (unpaired) electrons. The third-order valence-electron chi connectivity index (χ3n) is 13.7. The van der Waals surface area contributed by atoms with Crippen molar-refractivity contribution in [1.82, 2.24) is 0 Å². The molecule has 0 aliphatic heterocycles. The summed E-state index contributed by atoms with van der Waals surface area (Å²) in [5.41, 5.74) is 0. The summed E-state index contributed by atoms with van der Waals surface area (Å²) in [4.78, 5) is 0. The molecule has 0 spiro atoms. The van der Waals surface area contributed by atoms with Gasteiger partial charge in [0.2, 0.25) is 0 Å². The zero-order valence-corrected chi connectivity index (χ0v) is 38.1. The summed E-state index contributed by atoms with van der Waals surface area (Å²) in [6.07, 6.45) is 0. The average molecular weight is 851 g/mol. The molecule has 0 saturated carbocycles. The van der Waals surface area contributed by atoms with Crippen molar-refractivity contribution in [2.24, 2.45) is 0 Å². The second-order valence-corrected chi connectivity index (χ2v) is 36.3. The van der Waals surface area contributed by atoms with Crippen LogP contribution in [0.15, 0.2) is 279 Å². The van der Waals surface area contributed by atoms with Crippen LogP contribution in [0.25, 0.3) is 32.3 Å². The van der Waals surface area contributed by atoms with Gasteiger partial charge in [0.15, 0.2) is 0 Å². The van der Waals surface area contributed by atoms with Crippen LogP contribution in [0.5, 0.6) is 0 Å². The number of benzene rings is 11. The molecule has 0 unspecified atom stereocenters. The van der Waals surface area contributed by atoms with Crippen LogP contribution in [0, 0.1) is 0 Å². The van der Waals surface area contributed by atoms with E-state index in [2.05, 4.69) is 279 Å². The second kappa shape index (κ2) is 16.3. The smallest absolute Gasteiger partial charge is 0.0631 e. The van der Waals surface area contributed by atoms with Crippen LogP contribution in [0.1, 0.15) is 0 Å². The Morgan fingerprint density at radius 3 is 0.683 bits per heavy atom. The van der Waals surface area contributed by atoms with E-state index >= 15 is 0 Å². The van der Waals surface area contributed by atoms with Gasteiger partial charge in [-0.25, -0.2) is 0 Å². The summed E-state index contributed by atoms with van der Waals surface area (Å²) in [6.45, 7) is 0. The van der Waals surface area contributed by atoms with Gasteiger partial charge < -0.3 is 0 Å². The highest BCUT2D eigenvalue weighted by atomic mass is 29.6. The van der Waals surface area contributed by atoms with Crippen LogP contribution in [-0.2, 0) is 0 Å². The summed E-state index contributed by atoms with van der Waals surface area (Å²) in [5.74, 6) is 0. The molecule has 0 aliphatic rings. The van der Waals surface area contributed by atoms with E-state index in [1.165, 1.54) is 73.8 Å². The predicted octanol–water partition coefficient (Wildman–Crippen LogP) is 9.21. The summed E-state index contributed by atoms with van der Waals surface area (Å²) >= 11 is 0. The highest BCUT2D eigenvalue weighted by Gasteiger charge is 2.72. The third-order valence-corrected chi connectivity index (χ3v) is 47.7. The first-order chi connectivity index (χ1) is 31.3. The first-order valence-electron chi connectivity index (χ1n) is 22.0. The van der Waals surface area contributed by atoms with Crippen molar-refractivity contribution in [2.45, 2.75) is 0 Å². The van der Waals surface area contributed by atoms with E-state index in [1.807, 2.05) is 0 Å². The maximum atomic E-state index is 2.67. The van der Waals surface area contributed by atoms with Crippen molar-refractivity contribution in [3.05, 3.63) is 279 Å². The van der Waals surface area contributed by atoms with Crippen molar-refractivity contribution in [3.8, 4) is 0 Å². The number of fused-ring (bicyclic) bond motifs is 6. The minimum Gasteiger partial charge on any atom is -0.0631 e. The summed E-state index contributed by atoms with van der Waals surface area (Å²) in [6, 6.07) is 108. The molecule has 11 rings (SSSR count). The predicted molar refractivity (Wildman–Crippen MR) is 278 cm³/mol. The van der Waals surface area contributed by atoms with E-state index in [0.29, 0.717) is 0 Å². The molecule has 0 amide bonds. The van der Waals surface area contributed by atoms with E-state index in [1.54, 1.807) is 0 Å². The highest BCUT2D eigenvalue weighted by molar-refractivity contribution is 7.89. The molecular formula is C60H46Si3. The molecule has 0 aliphatic carbocycles. The fourth-order valence-corrected chi connectivity index (χ4v) is 56.8. The quantitative estimate of drug-likeness (QED) is 0.0732. The molecule has 0 fully saturated rings. The van der Waals surface area contributed by atoms with E-state index in [9.17, 15) is 0 Å². The Morgan fingerprint density at radius 1 is 0.159 bits per heavy atom. The van der Waals surface area contributed by atoms with Crippen molar-refractivity contribution in [1.29, 1.82) is 0 Å². The lowest BCUT2D eigenvalue weighted by molar-refractivity contribution is 1.67. The molecule has 0 heterocycles. The summed E-state index contributed by atoms with van der Waals surface area (Å²) < 4.78 is 0. The topological polar surface area (TPSA) is 0 Å². The lowest BCUT2D eigenvalue weighted by Gasteiger charge is -2.59. The Bertz CT molecular complexity index is 3100. The fourth-order valence-electron chi connectivity index (χ4n) is 11.6. The Hall–Kier alpha value is -7.15. The molecule has 63 heavy (non-hydrogen) atoms. The van der Waals surface area contributed by atoms with Crippen molar-refractivity contribution in [2.75, 3.05) is 0 Å². The normalized spacial score (nSPS) is 12.1. The van der Waals surface area contributed by atoms with E-state index in [4.69, 9.17) is 0 Å². The maximum Gasteiger partial charge on any atom is 0.148 e. The van der Waals surface area contributed by atoms with Crippen molar-refractivity contribution < 1.29 is 0 Å². The Balaban J connectivity index is 1.49. The zero-order chi connectivity index (χ0) is 42.1. The van der Waals surface area contributed by atoms with Gasteiger partial charge in [0, 0.05) is 0 Å². The molecule has 0 bridgehead atoms. The zero-order valence-electron chi connectivity index (χ0n) is 35.1. The molecule has 0 atom stereocenters. The molecule has 3 heteroatoms. The molecule has 0 N–H and O–H groups in total. The van der Waals surface area contributed by atoms with Crippen LogP contribution in [0.4, 0.5) is 0 Å². The second-order valence-electron chi connectivity index (χ2n) is 16.7. The maximum absolute atomic E-state index is 3.48. The fraction of sp³-hybridized carbons (Fsp3) is 0. The van der Waals surface area contributed by atoms with Crippen LogP contribution >= 0.6 is 0 Å². The molecule has 11 aromatic rings. The molecule has 0 aromatic heterocycles. The van der Waals surface area contributed by atoms with Gasteiger partial charge in [-0.15, -0.1) is 0 Å². The van der Waals surface area contributed by atoms with Gasteiger partial charge in [0.05, 0.1) is 0 Å². The highest BCUT2D eigenvalue weighted by Crippen LogP contribution is 2.37.